The summed E-state index contributed by atoms with van der Waals surface area (Å²) in [5.41, 5.74) is 1.02. The van der Waals surface area contributed by atoms with Gasteiger partial charge in [0, 0.05) is 18.5 Å². The molecule has 18 heavy (non-hydrogen) atoms. The molecule has 1 amide bonds. The third-order valence-electron chi connectivity index (χ3n) is 2.26. The standard InChI is InChI=1S/C14H11FN2O/c15-12-3-1-2-4-13(12)17-14(18)6-5-11-7-9-16-10-8-11/h1-10H,(H,17,18)/b6-5+. The second-order valence-electron chi connectivity index (χ2n) is 3.58. The SMILES string of the molecule is O=C(/C=C/c1ccncc1)Nc1ccccc1F. The molecule has 0 aliphatic heterocycles. The average molecular weight is 242 g/mol. The second-order valence-corrected chi connectivity index (χ2v) is 3.58. The summed E-state index contributed by atoms with van der Waals surface area (Å²) in [6.45, 7) is 0. The van der Waals surface area contributed by atoms with Crippen LogP contribution in [0.5, 0.6) is 0 Å². The highest BCUT2D eigenvalue weighted by atomic mass is 19.1. The quantitative estimate of drug-likeness (QED) is 0.841. The molecule has 0 fully saturated rings. The minimum Gasteiger partial charge on any atom is -0.320 e. The Bertz CT molecular complexity index is 567. The van der Waals surface area contributed by atoms with Gasteiger partial charge in [-0.3, -0.25) is 9.78 Å². The molecule has 0 bridgehead atoms. The highest BCUT2D eigenvalue weighted by Gasteiger charge is 2.02. The lowest BCUT2D eigenvalue weighted by Crippen LogP contribution is -2.08. The van der Waals surface area contributed by atoms with Gasteiger partial charge in [-0.05, 0) is 35.9 Å². The van der Waals surface area contributed by atoms with Gasteiger partial charge >= 0.3 is 0 Å². The van der Waals surface area contributed by atoms with Crippen molar-refractivity contribution in [2.75, 3.05) is 5.32 Å². The lowest BCUT2D eigenvalue weighted by Gasteiger charge is -2.02. The Labute approximate surface area is 104 Å². The van der Waals surface area contributed by atoms with Gasteiger partial charge in [0.1, 0.15) is 5.82 Å². The predicted octanol–water partition coefficient (Wildman–Crippen LogP) is 2.87. The Balaban J connectivity index is 2.02. The molecule has 0 saturated carbocycles. The van der Waals surface area contributed by atoms with Crippen LogP contribution in [0, 0.1) is 5.82 Å². The van der Waals surface area contributed by atoms with E-state index < -0.39 is 5.82 Å². The molecule has 1 N–H and O–H groups in total. The molecule has 0 unspecified atom stereocenters. The van der Waals surface area contributed by atoms with Crippen LogP contribution in [-0.4, -0.2) is 10.9 Å². The van der Waals surface area contributed by atoms with Crippen molar-refractivity contribution in [3.63, 3.8) is 0 Å². The Morgan fingerprint density at radius 3 is 2.61 bits per heavy atom. The highest BCUT2D eigenvalue weighted by molar-refractivity contribution is 6.01. The summed E-state index contributed by atoms with van der Waals surface area (Å²) in [6.07, 6.45) is 6.25. The Morgan fingerprint density at radius 1 is 1.17 bits per heavy atom. The van der Waals surface area contributed by atoms with Crippen molar-refractivity contribution in [2.45, 2.75) is 0 Å². The molecule has 2 rings (SSSR count). The number of pyridine rings is 1. The van der Waals surface area contributed by atoms with Crippen LogP contribution in [0.25, 0.3) is 6.08 Å². The van der Waals surface area contributed by atoms with Crippen LogP contribution in [0.4, 0.5) is 10.1 Å². The van der Waals surface area contributed by atoms with Crippen molar-refractivity contribution in [1.82, 2.24) is 4.98 Å². The van der Waals surface area contributed by atoms with Gasteiger partial charge in [0.2, 0.25) is 5.91 Å². The minimum atomic E-state index is -0.455. The summed E-state index contributed by atoms with van der Waals surface area (Å²) in [5.74, 6) is -0.833. The molecule has 0 radical (unpaired) electrons. The number of anilines is 1. The first-order chi connectivity index (χ1) is 8.75. The normalized spacial score (nSPS) is 10.5. The maximum atomic E-state index is 13.3. The molecule has 1 aromatic carbocycles. The number of nitrogens with zero attached hydrogens (tertiary/aromatic N) is 1. The zero-order valence-electron chi connectivity index (χ0n) is 9.51. The van der Waals surface area contributed by atoms with Gasteiger partial charge in [0.25, 0.3) is 0 Å². The number of aromatic nitrogens is 1. The van der Waals surface area contributed by atoms with E-state index in [1.54, 1.807) is 42.7 Å². The zero-order chi connectivity index (χ0) is 12.8. The van der Waals surface area contributed by atoms with E-state index in [4.69, 9.17) is 0 Å². The molecule has 1 aromatic heterocycles. The molecular weight excluding hydrogens is 231 g/mol. The molecule has 0 spiro atoms. The van der Waals surface area contributed by atoms with Crippen LogP contribution in [0.15, 0.2) is 54.9 Å². The number of hydrogen-bond donors (Lipinski definition) is 1. The van der Waals surface area contributed by atoms with Gasteiger partial charge in [0.15, 0.2) is 0 Å². The summed E-state index contributed by atoms with van der Waals surface area (Å²) in [7, 11) is 0. The number of nitrogens with one attached hydrogen (secondary N) is 1. The second kappa shape index (κ2) is 5.72. The van der Waals surface area contributed by atoms with E-state index in [0.29, 0.717) is 0 Å². The zero-order valence-corrected chi connectivity index (χ0v) is 9.51. The van der Waals surface area contributed by atoms with E-state index in [1.807, 2.05) is 0 Å². The van der Waals surface area contributed by atoms with Crippen molar-refractivity contribution in [3.05, 3.63) is 66.2 Å². The van der Waals surface area contributed by atoms with Crippen LogP contribution in [0.2, 0.25) is 0 Å². The van der Waals surface area contributed by atoms with Crippen LogP contribution >= 0.6 is 0 Å². The number of hydrogen-bond acceptors (Lipinski definition) is 2. The number of para-hydroxylation sites is 1. The fourth-order valence-electron chi connectivity index (χ4n) is 1.38. The molecule has 1 heterocycles. The fraction of sp³-hybridized carbons (Fsp3) is 0. The number of carbonyl (C=O) groups excluding carboxylic acids is 1. The van der Waals surface area contributed by atoms with E-state index in [1.165, 1.54) is 18.2 Å². The highest BCUT2D eigenvalue weighted by Crippen LogP contribution is 2.12. The predicted molar refractivity (Wildman–Crippen MR) is 68.3 cm³/mol. The Kier molecular flexibility index (Phi) is 3.81. The van der Waals surface area contributed by atoms with Gasteiger partial charge in [-0.1, -0.05) is 12.1 Å². The largest absolute Gasteiger partial charge is 0.320 e. The molecule has 0 atom stereocenters. The average Bonchev–Trinajstić information content (AvgIpc) is 2.40. The molecule has 0 saturated heterocycles. The Morgan fingerprint density at radius 2 is 1.89 bits per heavy atom. The van der Waals surface area contributed by atoms with E-state index in [0.717, 1.165) is 5.56 Å². The van der Waals surface area contributed by atoms with Crippen LogP contribution in [-0.2, 0) is 4.79 Å². The van der Waals surface area contributed by atoms with Gasteiger partial charge in [-0.25, -0.2) is 4.39 Å². The monoisotopic (exact) mass is 242 g/mol. The van der Waals surface area contributed by atoms with E-state index in [2.05, 4.69) is 10.3 Å². The van der Waals surface area contributed by atoms with Crippen molar-refractivity contribution in [3.8, 4) is 0 Å². The first kappa shape index (κ1) is 12.0. The van der Waals surface area contributed by atoms with Crippen LogP contribution in [0.1, 0.15) is 5.56 Å². The van der Waals surface area contributed by atoms with Crippen molar-refractivity contribution in [2.24, 2.45) is 0 Å². The third kappa shape index (κ3) is 3.25. The summed E-state index contributed by atoms with van der Waals surface area (Å²) >= 11 is 0. The number of rotatable bonds is 3. The third-order valence-corrected chi connectivity index (χ3v) is 2.26. The van der Waals surface area contributed by atoms with Crippen molar-refractivity contribution >= 4 is 17.7 Å². The molecule has 4 heteroatoms. The molecule has 0 aliphatic carbocycles. The molecule has 90 valence electrons. The van der Waals surface area contributed by atoms with E-state index in [-0.39, 0.29) is 11.6 Å². The lowest BCUT2D eigenvalue weighted by atomic mass is 10.2. The maximum Gasteiger partial charge on any atom is 0.248 e. The van der Waals surface area contributed by atoms with Crippen molar-refractivity contribution < 1.29 is 9.18 Å². The molecular formula is C14H11FN2O. The molecule has 2 aromatic rings. The fourth-order valence-corrected chi connectivity index (χ4v) is 1.38. The summed E-state index contributed by atoms with van der Waals surface area (Å²) in [4.78, 5) is 15.4. The van der Waals surface area contributed by atoms with Gasteiger partial charge < -0.3 is 5.32 Å². The van der Waals surface area contributed by atoms with Gasteiger partial charge in [-0.2, -0.15) is 0 Å². The number of amides is 1. The summed E-state index contributed by atoms with van der Waals surface area (Å²) in [6, 6.07) is 9.57. The molecule has 0 aliphatic rings. The summed E-state index contributed by atoms with van der Waals surface area (Å²) < 4.78 is 13.3. The smallest absolute Gasteiger partial charge is 0.248 e. The maximum absolute atomic E-state index is 13.3. The number of benzene rings is 1. The van der Waals surface area contributed by atoms with Crippen LogP contribution < -0.4 is 5.32 Å². The van der Waals surface area contributed by atoms with Gasteiger partial charge in [-0.15, -0.1) is 0 Å². The first-order valence-electron chi connectivity index (χ1n) is 5.39. The summed E-state index contributed by atoms with van der Waals surface area (Å²) in [5, 5.41) is 2.46. The van der Waals surface area contributed by atoms with Crippen LogP contribution in [0.3, 0.4) is 0 Å². The lowest BCUT2D eigenvalue weighted by molar-refractivity contribution is -0.111. The molecule has 3 nitrogen and oxygen atoms in total. The van der Waals surface area contributed by atoms with E-state index in [9.17, 15) is 9.18 Å². The van der Waals surface area contributed by atoms with Crippen molar-refractivity contribution in [1.29, 1.82) is 0 Å². The van der Waals surface area contributed by atoms with Gasteiger partial charge in [0.05, 0.1) is 5.69 Å². The topological polar surface area (TPSA) is 42.0 Å². The number of halogens is 1. The Hall–Kier alpha value is -2.49. The number of carbonyl (C=O) groups is 1. The van der Waals surface area contributed by atoms with E-state index >= 15 is 0 Å². The first-order valence-corrected chi connectivity index (χ1v) is 5.39. The minimum absolute atomic E-state index is 0.168.